The van der Waals surface area contributed by atoms with Crippen molar-refractivity contribution in [3.05, 3.63) is 68.9 Å². The van der Waals surface area contributed by atoms with Crippen molar-refractivity contribution in [2.75, 3.05) is 6.61 Å². The number of nitrogens with zero attached hydrogens (tertiary/aromatic N) is 1. The number of hydrogen-bond acceptors (Lipinski definition) is 3. The number of aromatic amines is 1. The Morgan fingerprint density at radius 2 is 1.80 bits per heavy atom. The molecule has 0 bridgehead atoms. The first-order chi connectivity index (χ1) is 12.0. The highest BCUT2D eigenvalue weighted by atomic mass is 16.5. The summed E-state index contributed by atoms with van der Waals surface area (Å²) in [6.45, 7) is 6.36. The van der Waals surface area contributed by atoms with Gasteiger partial charge in [-0.25, -0.2) is 4.79 Å². The van der Waals surface area contributed by atoms with Gasteiger partial charge in [-0.15, -0.1) is 0 Å². The fourth-order valence-corrected chi connectivity index (χ4v) is 3.15. The Morgan fingerprint density at radius 3 is 2.52 bits per heavy atom. The Balaban J connectivity index is 2.43. The second-order valence-electron chi connectivity index (χ2n) is 6.25. The molecule has 0 spiro atoms. The number of hydrogen-bond donors (Lipinski definition) is 1. The average Bonchev–Trinajstić information content (AvgIpc) is 2.59. The van der Waals surface area contributed by atoms with Crippen LogP contribution in [0.25, 0.3) is 22.0 Å². The zero-order valence-electron chi connectivity index (χ0n) is 14.7. The van der Waals surface area contributed by atoms with Gasteiger partial charge in [-0.05, 0) is 23.6 Å². The SMILES string of the molecule is CCOCn1c(-c2cccc3ccccc23)c(C(C)C)c(=O)[nH]c1=O. The van der Waals surface area contributed by atoms with Gasteiger partial charge in [-0.1, -0.05) is 56.3 Å². The molecule has 1 N–H and O–H groups in total. The van der Waals surface area contributed by atoms with Gasteiger partial charge in [0.15, 0.2) is 0 Å². The van der Waals surface area contributed by atoms with Crippen LogP contribution in [-0.4, -0.2) is 16.2 Å². The minimum Gasteiger partial charge on any atom is -0.361 e. The van der Waals surface area contributed by atoms with Crippen molar-refractivity contribution in [3.8, 4) is 11.3 Å². The van der Waals surface area contributed by atoms with Crippen molar-refractivity contribution in [3.63, 3.8) is 0 Å². The molecule has 0 amide bonds. The molecule has 1 heterocycles. The molecular formula is C20H22N2O3. The lowest BCUT2D eigenvalue weighted by Gasteiger charge is -2.19. The highest BCUT2D eigenvalue weighted by Crippen LogP contribution is 2.31. The summed E-state index contributed by atoms with van der Waals surface area (Å²) in [6.07, 6.45) is 0. The first-order valence-corrected chi connectivity index (χ1v) is 8.47. The van der Waals surface area contributed by atoms with Crippen molar-refractivity contribution in [2.24, 2.45) is 0 Å². The van der Waals surface area contributed by atoms with Crippen LogP contribution in [0.2, 0.25) is 0 Å². The summed E-state index contributed by atoms with van der Waals surface area (Å²) in [4.78, 5) is 27.4. The molecule has 25 heavy (non-hydrogen) atoms. The number of aromatic nitrogens is 2. The maximum absolute atomic E-state index is 12.5. The topological polar surface area (TPSA) is 64.1 Å². The zero-order chi connectivity index (χ0) is 18.0. The molecule has 3 rings (SSSR count). The van der Waals surface area contributed by atoms with Crippen LogP contribution in [0.1, 0.15) is 32.3 Å². The Labute approximate surface area is 145 Å². The van der Waals surface area contributed by atoms with Gasteiger partial charge in [0.25, 0.3) is 5.56 Å². The molecule has 0 radical (unpaired) electrons. The van der Waals surface area contributed by atoms with Crippen molar-refractivity contribution in [2.45, 2.75) is 33.4 Å². The van der Waals surface area contributed by atoms with E-state index in [1.807, 2.05) is 63.2 Å². The molecule has 5 nitrogen and oxygen atoms in total. The van der Waals surface area contributed by atoms with Gasteiger partial charge < -0.3 is 4.74 Å². The highest BCUT2D eigenvalue weighted by molar-refractivity contribution is 5.96. The van der Waals surface area contributed by atoms with Crippen LogP contribution in [0, 0.1) is 0 Å². The standard InChI is InChI=1S/C20H22N2O3/c1-4-25-12-22-18(17(13(2)3)19(23)21-20(22)24)16-11-7-9-14-8-5-6-10-15(14)16/h5-11,13H,4,12H2,1-3H3,(H,21,23,24). The Bertz CT molecular complexity index is 1010. The van der Waals surface area contributed by atoms with Crippen LogP contribution in [0.15, 0.2) is 52.1 Å². The summed E-state index contributed by atoms with van der Waals surface area (Å²) in [7, 11) is 0. The molecule has 0 aliphatic rings. The maximum atomic E-state index is 12.5. The lowest BCUT2D eigenvalue weighted by Crippen LogP contribution is -2.35. The summed E-state index contributed by atoms with van der Waals surface area (Å²) >= 11 is 0. The number of fused-ring (bicyclic) bond motifs is 1. The Morgan fingerprint density at radius 1 is 1.08 bits per heavy atom. The van der Waals surface area contributed by atoms with E-state index in [2.05, 4.69) is 4.98 Å². The molecule has 1 aromatic heterocycles. The predicted octanol–water partition coefficient (Wildman–Crippen LogP) is 3.47. The van der Waals surface area contributed by atoms with E-state index in [0.29, 0.717) is 17.9 Å². The molecule has 5 heteroatoms. The van der Waals surface area contributed by atoms with E-state index in [-0.39, 0.29) is 18.2 Å². The van der Waals surface area contributed by atoms with Crippen LogP contribution in [0.3, 0.4) is 0 Å². The van der Waals surface area contributed by atoms with Crippen LogP contribution >= 0.6 is 0 Å². The summed E-state index contributed by atoms with van der Waals surface area (Å²) in [5, 5.41) is 2.06. The largest absolute Gasteiger partial charge is 0.361 e. The third-order valence-corrected chi connectivity index (χ3v) is 4.28. The molecule has 0 saturated heterocycles. The van der Waals surface area contributed by atoms with Crippen LogP contribution in [0.4, 0.5) is 0 Å². The summed E-state index contributed by atoms with van der Waals surface area (Å²) in [5.74, 6) is -0.0359. The van der Waals surface area contributed by atoms with Crippen molar-refractivity contribution in [1.82, 2.24) is 9.55 Å². The van der Waals surface area contributed by atoms with Crippen molar-refractivity contribution in [1.29, 1.82) is 0 Å². The summed E-state index contributed by atoms with van der Waals surface area (Å²) in [5.41, 5.74) is 1.30. The first kappa shape index (κ1) is 17.2. The van der Waals surface area contributed by atoms with E-state index in [0.717, 1.165) is 16.3 Å². The van der Waals surface area contributed by atoms with E-state index in [1.54, 1.807) is 0 Å². The van der Waals surface area contributed by atoms with Gasteiger partial charge in [-0.3, -0.25) is 14.3 Å². The number of benzene rings is 2. The molecule has 0 aliphatic heterocycles. The smallest absolute Gasteiger partial charge is 0.330 e. The van der Waals surface area contributed by atoms with Crippen molar-refractivity contribution < 1.29 is 4.74 Å². The van der Waals surface area contributed by atoms with Crippen molar-refractivity contribution >= 4 is 10.8 Å². The van der Waals surface area contributed by atoms with E-state index in [4.69, 9.17) is 4.74 Å². The molecule has 130 valence electrons. The van der Waals surface area contributed by atoms with Gasteiger partial charge in [-0.2, -0.15) is 0 Å². The fourth-order valence-electron chi connectivity index (χ4n) is 3.15. The van der Waals surface area contributed by atoms with E-state index in [9.17, 15) is 9.59 Å². The Hall–Kier alpha value is -2.66. The molecular weight excluding hydrogens is 316 g/mol. The van der Waals surface area contributed by atoms with Crippen LogP contribution in [0.5, 0.6) is 0 Å². The average molecular weight is 338 g/mol. The lowest BCUT2D eigenvalue weighted by atomic mass is 9.94. The molecule has 0 fully saturated rings. The molecule has 0 saturated carbocycles. The van der Waals surface area contributed by atoms with Crippen LogP contribution < -0.4 is 11.2 Å². The first-order valence-electron chi connectivity index (χ1n) is 8.47. The Kier molecular flexibility index (Phi) is 4.86. The maximum Gasteiger partial charge on any atom is 0.330 e. The monoisotopic (exact) mass is 338 g/mol. The molecule has 0 aliphatic carbocycles. The molecule has 2 aromatic carbocycles. The van der Waals surface area contributed by atoms with Gasteiger partial charge in [0.2, 0.25) is 0 Å². The molecule has 0 atom stereocenters. The third-order valence-electron chi connectivity index (χ3n) is 4.28. The quantitative estimate of drug-likeness (QED) is 0.775. The van der Waals surface area contributed by atoms with Gasteiger partial charge in [0.1, 0.15) is 6.73 Å². The second kappa shape index (κ2) is 7.07. The summed E-state index contributed by atoms with van der Waals surface area (Å²) < 4.78 is 7.01. The second-order valence-corrected chi connectivity index (χ2v) is 6.25. The normalized spacial score (nSPS) is 11.4. The van der Waals surface area contributed by atoms with E-state index in [1.165, 1.54) is 4.57 Å². The summed E-state index contributed by atoms with van der Waals surface area (Å²) in [6, 6.07) is 13.9. The van der Waals surface area contributed by atoms with Gasteiger partial charge in [0, 0.05) is 17.7 Å². The minimum absolute atomic E-state index is 0.0359. The number of ether oxygens (including phenoxy) is 1. The van der Waals surface area contributed by atoms with E-state index < -0.39 is 5.69 Å². The van der Waals surface area contributed by atoms with Gasteiger partial charge >= 0.3 is 5.69 Å². The van der Waals surface area contributed by atoms with E-state index >= 15 is 0 Å². The predicted molar refractivity (Wildman–Crippen MR) is 100.0 cm³/mol. The fraction of sp³-hybridized carbons (Fsp3) is 0.300. The lowest BCUT2D eigenvalue weighted by molar-refractivity contribution is 0.0853. The molecule has 0 unspecified atom stereocenters. The van der Waals surface area contributed by atoms with Gasteiger partial charge in [0.05, 0.1) is 5.69 Å². The number of rotatable bonds is 5. The third kappa shape index (κ3) is 3.15. The number of nitrogens with one attached hydrogen (secondary N) is 1. The minimum atomic E-state index is -0.453. The number of H-pyrrole nitrogens is 1. The van der Waals surface area contributed by atoms with Crippen LogP contribution in [-0.2, 0) is 11.5 Å². The highest BCUT2D eigenvalue weighted by Gasteiger charge is 2.20. The molecule has 3 aromatic rings. The zero-order valence-corrected chi connectivity index (χ0v) is 14.7.